The lowest BCUT2D eigenvalue weighted by Gasteiger charge is -2.19. The van der Waals surface area contributed by atoms with Gasteiger partial charge in [0.2, 0.25) is 11.1 Å². The lowest BCUT2D eigenvalue weighted by Crippen LogP contribution is -2.29. The van der Waals surface area contributed by atoms with Crippen LogP contribution in [0.1, 0.15) is 33.9 Å². The lowest BCUT2D eigenvalue weighted by molar-refractivity contribution is -0.129. The number of aryl methyl sites for hydroxylation is 3. The van der Waals surface area contributed by atoms with Crippen molar-refractivity contribution >= 4 is 23.4 Å². The van der Waals surface area contributed by atoms with Gasteiger partial charge in [-0.05, 0) is 46.1 Å². The van der Waals surface area contributed by atoms with E-state index in [1.807, 2.05) is 76.0 Å². The predicted molar refractivity (Wildman–Crippen MR) is 125 cm³/mol. The monoisotopic (exact) mass is 449 g/mol. The third-order valence-electron chi connectivity index (χ3n) is 5.80. The van der Waals surface area contributed by atoms with Crippen molar-refractivity contribution in [2.24, 2.45) is 0 Å². The Morgan fingerprint density at radius 1 is 0.969 bits per heavy atom. The molecule has 3 heterocycles. The molecule has 0 spiro atoms. The molecule has 0 saturated carbocycles. The van der Waals surface area contributed by atoms with Gasteiger partial charge < -0.3 is 4.90 Å². The molecule has 0 N–H and O–H groups in total. The molecule has 0 atom stereocenters. The normalized spacial score (nSPS) is 11.3. The van der Waals surface area contributed by atoms with Gasteiger partial charge in [0.1, 0.15) is 0 Å². The maximum absolute atomic E-state index is 13.1. The molecule has 0 aliphatic rings. The summed E-state index contributed by atoms with van der Waals surface area (Å²) < 4.78 is 3.66. The zero-order chi connectivity index (χ0) is 23.0. The minimum atomic E-state index is 0.0221. The van der Waals surface area contributed by atoms with Crippen LogP contribution >= 0.6 is 11.8 Å². The van der Waals surface area contributed by atoms with E-state index in [0.717, 1.165) is 39.6 Å². The summed E-state index contributed by atoms with van der Waals surface area (Å²) in [4.78, 5) is 23.9. The Hall–Kier alpha value is -3.20. The summed E-state index contributed by atoms with van der Waals surface area (Å²) in [5, 5.41) is 9.84. The molecule has 1 aromatic carbocycles. The second-order valence-electron chi connectivity index (χ2n) is 7.89. The van der Waals surface area contributed by atoms with Gasteiger partial charge in [-0.3, -0.25) is 4.79 Å². The van der Waals surface area contributed by atoms with E-state index in [1.54, 1.807) is 9.42 Å². The molecule has 0 unspecified atom stereocenters. The summed E-state index contributed by atoms with van der Waals surface area (Å²) >= 11 is 1.47. The van der Waals surface area contributed by atoms with Gasteiger partial charge in [0.25, 0.3) is 5.78 Å². The number of thioether (sulfide) groups is 1. The van der Waals surface area contributed by atoms with E-state index in [9.17, 15) is 4.79 Å². The van der Waals surface area contributed by atoms with E-state index in [2.05, 4.69) is 15.1 Å². The fraction of sp³-hybridized carbons (Fsp3) is 0.348. The van der Waals surface area contributed by atoms with Crippen LogP contribution in [0.4, 0.5) is 0 Å². The van der Waals surface area contributed by atoms with Crippen molar-refractivity contribution in [3.8, 4) is 5.69 Å². The van der Waals surface area contributed by atoms with Gasteiger partial charge >= 0.3 is 0 Å². The molecule has 0 aliphatic heterocycles. The van der Waals surface area contributed by atoms with E-state index in [4.69, 9.17) is 5.10 Å². The van der Waals surface area contributed by atoms with Gasteiger partial charge in [-0.1, -0.05) is 30.0 Å². The molecule has 9 heteroatoms. The van der Waals surface area contributed by atoms with E-state index >= 15 is 0 Å². The van der Waals surface area contributed by atoms with Crippen molar-refractivity contribution in [1.82, 2.24) is 34.3 Å². The Balaban J connectivity index is 1.56. The third kappa shape index (κ3) is 4.00. The molecule has 0 fully saturated rings. The Labute approximate surface area is 191 Å². The first kappa shape index (κ1) is 22.0. The number of hydrogen-bond acceptors (Lipinski definition) is 6. The van der Waals surface area contributed by atoms with Gasteiger partial charge in [0.05, 0.1) is 17.8 Å². The maximum Gasteiger partial charge on any atom is 0.253 e. The fourth-order valence-electron chi connectivity index (χ4n) is 3.87. The highest BCUT2D eigenvalue weighted by Gasteiger charge is 2.20. The van der Waals surface area contributed by atoms with Crippen LogP contribution in [0.3, 0.4) is 0 Å². The van der Waals surface area contributed by atoms with Crippen LogP contribution in [-0.4, -0.2) is 53.5 Å². The second kappa shape index (κ2) is 8.74. The van der Waals surface area contributed by atoms with Crippen molar-refractivity contribution in [1.29, 1.82) is 0 Å². The van der Waals surface area contributed by atoms with Crippen LogP contribution in [0.15, 0.2) is 35.5 Å². The molecule has 166 valence electrons. The van der Waals surface area contributed by atoms with Crippen molar-refractivity contribution in [3.05, 3.63) is 64.2 Å². The number of benzene rings is 1. The summed E-state index contributed by atoms with van der Waals surface area (Å²) in [5.74, 6) is 0.585. The summed E-state index contributed by atoms with van der Waals surface area (Å²) in [5.41, 5.74) is 6.63. The zero-order valence-corrected chi connectivity index (χ0v) is 20.1. The van der Waals surface area contributed by atoms with Crippen LogP contribution in [0, 0.1) is 27.7 Å². The number of carbonyl (C=O) groups excluding carboxylic acids is 1. The minimum Gasteiger partial charge on any atom is -0.341 e. The van der Waals surface area contributed by atoms with Crippen LogP contribution in [0.2, 0.25) is 0 Å². The van der Waals surface area contributed by atoms with Crippen molar-refractivity contribution in [2.45, 2.75) is 45.8 Å². The quantitative estimate of drug-likeness (QED) is 0.419. The highest BCUT2D eigenvalue weighted by atomic mass is 32.2. The summed E-state index contributed by atoms with van der Waals surface area (Å²) in [6.45, 7) is 8.40. The molecular formula is C23H27N7OS. The van der Waals surface area contributed by atoms with Crippen LogP contribution in [-0.2, 0) is 17.8 Å². The molecule has 0 radical (unpaired) electrons. The number of aromatic nitrogens is 6. The zero-order valence-electron chi connectivity index (χ0n) is 19.2. The highest BCUT2D eigenvalue weighted by molar-refractivity contribution is 7.98. The van der Waals surface area contributed by atoms with Crippen molar-refractivity contribution in [2.75, 3.05) is 13.3 Å². The summed E-state index contributed by atoms with van der Waals surface area (Å²) in [6, 6.07) is 10.0. The largest absolute Gasteiger partial charge is 0.341 e. The average Bonchev–Trinajstić information content (AvgIpc) is 3.32. The van der Waals surface area contributed by atoms with Crippen LogP contribution in [0.5, 0.6) is 0 Å². The molecule has 1 amide bonds. The minimum absolute atomic E-state index is 0.0221. The van der Waals surface area contributed by atoms with Crippen molar-refractivity contribution in [3.63, 3.8) is 0 Å². The van der Waals surface area contributed by atoms with Crippen LogP contribution < -0.4 is 0 Å². The van der Waals surface area contributed by atoms with E-state index in [0.29, 0.717) is 17.5 Å². The van der Waals surface area contributed by atoms with Gasteiger partial charge in [-0.25, -0.2) is 14.2 Å². The fourth-order valence-corrected chi connectivity index (χ4v) is 4.20. The molecule has 0 saturated heterocycles. The van der Waals surface area contributed by atoms with Gasteiger partial charge in [0, 0.05) is 41.8 Å². The molecule has 8 nitrogen and oxygen atoms in total. The van der Waals surface area contributed by atoms with E-state index < -0.39 is 0 Å². The average molecular weight is 450 g/mol. The molecule has 0 bridgehead atoms. The molecule has 3 aromatic heterocycles. The first-order valence-electron chi connectivity index (χ1n) is 10.4. The van der Waals surface area contributed by atoms with Gasteiger partial charge in [-0.15, -0.1) is 5.10 Å². The lowest BCUT2D eigenvalue weighted by atomic mass is 10.1. The number of rotatable bonds is 6. The second-order valence-corrected chi connectivity index (χ2v) is 8.67. The van der Waals surface area contributed by atoms with Crippen molar-refractivity contribution < 1.29 is 4.79 Å². The summed E-state index contributed by atoms with van der Waals surface area (Å²) in [6.07, 6.45) is 2.19. The number of para-hydroxylation sites is 1. The Morgan fingerprint density at radius 2 is 1.69 bits per heavy atom. The maximum atomic E-state index is 13.1. The molecule has 0 aliphatic carbocycles. The smallest absolute Gasteiger partial charge is 0.253 e. The number of fused-ring (bicyclic) bond motifs is 1. The molecule has 4 aromatic rings. The SMILES string of the molecule is CSc1nc2nc(C)c(CC(=O)N(C)Cc3c(C)nn(-c4ccccc4)c3C)c(C)n2n1. The molecule has 32 heavy (non-hydrogen) atoms. The molecular weight excluding hydrogens is 422 g/mol. The van der Waals surface area contributed by atoms with E-state index in [-0.39, 0.29) is 12.3 Å². The summed E-state index contributed by atoms with van der Waals surface area (Å²) in [7, 11) is 1.83. The third-order valence-corrected chi connectivity index (χ3v) is 6.34. The first-order chi connectivity index (χ1) is 15.3. The number of hydrogen-bond donors (Lipinski definition) is 0. The Morgan fingerprint density at radius 3 is 2.38 bits per heavy atom. The Bertz CT molecular complexity index is 1290. The first-order valence-corrected chi connectivity index (χ1v) is 11.6. The van der Waals surface area contributed by atoms with Crippen LogP contribution in [0.25, 0.3) is 11.5 Å². The van der Waals surface area contributed by atoms with Gasteiger partial charge in [0.15, 0.2) is 0 Å². The van der Waals surface area contributed by atoms with Gasteiger partial charge in [-0.2, -0.15) is 10.1 Å². The predicted octanol–water partition coefficient (Wildman–Crippen LogP) is 3.47. The standard InChI is InChI=1S/C23H27N7OS/c1-14-19(16(3)30-22(24-14)25-23(27-30)32-6)12-21(31)28(5)13-20-15(2)26-29(17(20)4)18-10-8-7-9-11-18/h7-11H,12-13H2,1-6H3. The Kier molecular flexibility index (Phi) is 6.01. The van der Waals surface area contributed by atoms with E-state index in [1.165, 1.54) is 11.8 Å². The topological polar surface area (TPSA) is 81.2 Å². The number of nitrogens with zero attached hydrogens (tertiary/aromatic N) is 7. The number of amides is 1. The number of carbonyl (C=O) groups is 1. The number of likely N-dealkylation sites (N-methyl/N-ethyl adjacent to an activating group) is 1. The highest BCUT2D eigenvalue weighted by Crippen LogP contribution is 2.21. The molecule has 4 rings (SSSR count).